The van der Waals surface area contributed by atoms with Gasteiger partial charge in [0.1, 0.15) is 0 Å². The molecule has 1 aromatic rings. The molecule has 0 aliphatic carbocycles. The Morgan fingerprint density at radius 1 is 1.30 bits per heavy atom. The molecule has 0 fully saturated rings. The third kappa shape index (κ3) is 4.77. The van der Waals surface area contributed by atoms with E-state index >= 15 is 0 Å². The molecule has 1 amide bonds. The molecule has 0 bridgehead atoms. The van der Waals surface area contributed by atoms with Gasteiger partial charge in [0.2, 0.25) is 11.9 Å². The summed E-state index contributed by atoms with van der Waals surface area (Å²) >= 11 is 6.06. The van der Waals surface area contributed by atoms with Crippen molar-refractivity contribution in [2.75, 3.05) is 5.32 Å². The molecular formula is C12H17ClN6O. The number of hydrogen-bond acceptors (Lipinski definition) is 2. The normalized spacial score (nSPS) is 11.3. The van der Waals surface area contributed by atoms with Crippen LogP contribution in [-0.2, 0) is 4.79 Å². The van der Waals surface area contributed by atoms with E-state index in [4.69, 9.17) is 28.8 Å². The number of aliphatic imine (C=N–C) groups is 2. The van der Waals surface area contributed by atoms with Gasteiger partial charge >= 0.3 is 0 Å². The molecule has 0 unspecified atom stereocenters. The Balaban J connectivity index is 2.94. The van der Waals surface area contributed by atoms with E-state index in [9.17, 15) is 4.79 Å². The van der Waals surface area contributed by atoms with Crippen LogP contribution < -0.4 is 22.5 Å². The Kier molecular flexibility index (Phi) is 5.33. The molecule has 1 rings (SSSR count). The van der Waals surface area contributed by atoms with Crippen LogP contribution in [-0.4, -0.2) is 17.8 Å². The van der Waals surface area contributed by atoms with E-state index in [1.54, 1.807) is 32.0 Å². The van der Waals surface area contributed by atoms with Crippen LogP contribution in [0.1, 0.15) is 13.8 Å². The van der Waals surface area contributed by atoms with Crippen LogP contribution in [0.25, 0.3) is 0 Å². The lowest BCUT2D eigenvalue weighted by Gasteiger charge is -2.09. The molecule has 0 aromatic heterocycles. The number of nitrogens with zero attached hydrogens (tertiary/aromatic N) is 2. The summed E-state index contributed by atoms with van der Waals surface area (Å²) in [5.41, 5.74) is 16.8. The average Bonchev–Trinajstić information content (AvgIpc) is 2.31. The van der Waals surface area contributed by atoms with Crippen molar-refractivity contribution in [3.8, 4) is 0 Å². The minimum Gasteiger partial charge on any atom is -0.370 e. The largest absolute Gasteiger partial charge is 0.370 e. The summed E-state index contributed by atoms with van der Waals surface area (Å²) < 4.78 is 0. The molecule has 0 spiro atoms. The number of nitrogens with two attached hydrogens (primary N) is 3. The molecule has 0 aliphatic heterocycles. The second-order valence-corrected chi connectivity index (χ2v) is 4.72. The summed E-state index contributed by atoms with van der Waals surface area (Å²) in [6, 6.07) is 4.81. The number of anilines is 1. The van der Waals surface area contributed by atoms with Gasteiger partial charge in [-0.25, -0.2) is 4.99 Å². The highest BCUT2D eigenvalue weighted by molar-refractivity contribution is 6.34. The average molecular weight is 297 g/mol. The topological polar surface area (TPSA) is 132 Å². The standard InChI is InChI=1S/C12H17ClN6O/c1-6(2)10(20)18-9-4-3-7(5-8(9)13)17-12(16)19-11(14)15/h3-6H,1-2H3,(H,18,20)(H6,14,15,16,17,19). The maximum absolute atomic E-state index is 11.6. The van der Waals surface area contributed by atoms with E-state index in [1.807, 2.05) is 0 Å². The highest BCUT2D eigenvalue weighted by Crippen LogP contribution is 2.27. The smallest absolute Gasteiger partial charge is 0.226 e. The Labute approximate surface area is 121 Å². The van der Waals surface area contributed by atoms with Crippen molar-refractivity contribution in [1.82, 2.24) is 0 Å². The predicted molar refractivity (Wildman–Crippen MR) is 82.0 cm³/mol. The van der Waals surface area contributed by atoms with Gasteiger partial charge in [0.15, 0.2) is 5.96 Å². The van der Waals surface area contributed by atoms with Crippen LogP contribution in [0.4, 0.5) is 11.4 Å². The number of amides is 1. The van der Waals surface area contributed by atoms with Gasteiger partial charge < -0.3 is 22.5 Å². The molecule has 0 aliphatic rings. The molecule has 7 N–H and O–H groups in total. The minimum atomic E-state index is -0.182. The van der Waals surface area contributed by atoms with Gasteiger partial charge in [0.25, 0.3) is 0 Å². The number of guanidine groups is 2. The van der Waals surface area contributed by atoms with Gasteiger partial charge in [-0.05, 0) is 18.2 Å². The summed E-state index contributed by atoms with van der Waals surface area (Å²) in [7, 11) is 0. The first kappa shape index (κ1) is 15.8. The molecule has 7 nitrogen and oxygen atoms in total. The van der Waals surface area contributed by atoms with E-state index in [1.165, 1.54) is 0 Å². The molecule has 1 aromatic carbocycles. The minimum absolute atomic E-state index is 0.0833. The Morgan fingerprint density at radius 3 is 2.45 bits per heavy atom. The SMILES string of the molecule is CC(C)C(=O)Nc1ccc(N=C(N)N=C(N)N)cc1Cl. The van der Waals surface area contributed by atoms with Crippen molar-refractivity contribution in [2.24, 2.45) is 33.1 Å². The van der Waals surface area contributed by atoms with Crippen LogP contribution in [0.5, 0.6) is 0 Å². The van der Waals surface area contributed by atoms with Gasteiger partial charge in [-0.2, -0.15) is 4.99 Å². The van der Waals surface area contributed by atoms with Gasteiger partial charge in [-0.15, -0.1) is 0 Å². The Bertz CT molecular complexity index is 563. The van der Waals surface area contributed by atoms with Gasteiger partial charge in [-0.1, -0.05) is 25.4 Å². The van der Waals surface area contributed by atoms with E-state index in [0.717, 1.165) is 0 Å². The van der Waals surface area contributed by atoms with Crippen molar-refractivity contribution < 1.29 is 4.79 Å². The maximum atomic E-state index is 11.6. The zero-order valence-electron chi connectivity index (χ0n) is 11.2. The van der Waals surface area contributed by atoms with Crippen LogP contribution in [0.15, 0.2) is 28.2 Å². The first-order valence-corrected chi connectivity index (χ1v) is 6.21. The van der Waals surface area contributed by atoms with Crippen LogP contribution >= 0.6 is 11.6 Å². The summed E-state index contributed by atoms with van der Waals surface area (Å²) in [6.45, 7) is 3.58. The lowest BCUT2D eigenvalue weighted by molar-refractivity contribution is -0.118. The number of nitrogens with one attached hydrogen (secondary N) is 1. The molecule has 0 radical (unpaired) electrons. The zero-order valence-corrected chi connectivity index (χ0v) is 12.0. The van der Waals surface area contributed by atoms with Crippen LogP contribution in [0.3, 0.4) is 0 Å². The highest BCUT2D eigenvalue weighted by Gasteiger charge is 2.09. The molecule has 0 heterocycles. The molecule has 108 valence electrons. The van der Waals surface area contributed by atoms with Crippen LogP contribution in [0, 0.1) is 5.92 Å². The second-order valence-electron chi connectivity index (χ2n) is 4.31. The van der Waals surface area contributed by atoms with Crippen molar-refractivity contribution in [1.29, 1.82) is 0 Å². The van der Waals surface area contributed by atoms with Gasteiger partial charge in [-0.3, -0.25) is 4.79 Å². The highest BCUT2D eigenvalue weighted by atomic mass is 35.5. The molecular weight excluding hydrogens is 280 g/mol. The van der Waals surface area contributed by atoms with Crippen molar-refractivity contribution in [3.05, 3.63) is 23.2 Å². The summed E-state index contributed by atoms with van der Waals surface area (Å²) in [5, 5.41) is 3.05. The monoisotopic (exact) mass is 296 g/mol. The zero-order chi connectivity index (χ0) is 15.3. The first-order chi connectivity index (χ1) is 9.29. The quantitative estimate of drug-likeness (QED) is 0.492. The second kappa shape index (κ2) is 6.76. The number of halogens is 1. The lowest BCUT2D eigenvalue weighted by atomic mass is 10.2. The fourth-order valence-corrected chi connectivity index (χ4v) is 1.46. The van der Waals surface area contributed by atoms with E-state index in [0.29, 0.717) is 16.4 Å². The number of rotatable bonds is 3. The maximum Gasteiger partial charge on any atom is 0.226 e. The van der Waals surface area contributed by atoms with Crippen molar-refractivity contribution in [3.63, 3.8) is 0 Å². The number of carbonyl (C=O) groups excluding carboxylic acids is 1. The molecule has 8 heteroatoms. The molecule has 0 saturated heterocycles. The third-order valence-electron chi connectivity index (χ3n) is 2.22. The van der Waals surface area contributed by atoms with E-state index in [-0.39, 0.29) is 23.7 Å². The fraction of sp³-hybridized carbons (Fsp3) is 0.250. The predicted octanol–water partition coefficient (Wildman–Crippen LogP) is 1.15. The molecule has 0 atom stereocenters. The number of carbonyl (C=O) groups is 1. The lowest BCUT2D eigenvalue weighted by Crippen LogP contribution is -2.26. The summed E-state index contributed by atoms with van der Waals surface area (Å²) in [4.78, 5) is 19.1. The third-order valence-corrected chi connectivity index (χ3v) is 2.53. The van der Waals surface area contributed by atoms with Gasteiger partial charge in [0, 0.05) is 5.92 Å². The van der Waals surface area contributed by atoms with E-state index in [2.05, 4.69) is 15.3 Å². The summed E-state index contributed by atoms with van der Waals surface area (Å²) in [6.07, 6.45) is 0. The van der Waals surface area contributed by atoms with E-state index < -0.39 is 0 Å². The van der Waals surface area contributed by atoms with Gasteiger partial charge in [0.05, 0.1) is 16.4 Å². The fourth-order valence-electron chi connectivity index (χ4n) is 1.24. The first-order valence-electron chi connectivity index (χ1n) is 5.83. The van der Waals surface area contributed by atoms with Crippen molar-refractivity contribution >= 4 is 40.8 Å². The molecule has 0 saturated carbocycles. The Hall–Kier alpha value is -2.28. The Morgan fingerprint density at radius 2 is 1.95 bits per heavy atom. The molecule has 20 heavy (non-hydrogen) atoms. The number of hydrogen-bond donors (Lipinski definition) is 4. The van der Waals surface area contributed by atoms with Crippen molar-refractivity contribution in [2.45, 2.75) is 13.8 Å². The number of benzene rings is 1. The summed E-state index contributed by atoms with van der Waals surface area (Å²) in [5.74, 6) is -0.525. The van der Waals surface area contributed by atoms with Crippen LogP contribution in [0.2, 0.25) is 5.02 Å².